The Kier molecular flexibility index (Phi) is 4.65. The molecule has 5 nitrogen and oxygen atoms in total. The molecule has 0 atom stereocenters. The first-order valence-electron chi connectivity index (χ1n) is 20.1. The van der Waals surface area contributed by atoms with E-state index in [2.05, 4.69) is 0 Å². The van der Waals surface area contributed by atoms with Crippen molar-refractivity contribution < 1.29 is 18.1 Å². The van der Waals surface area contributed by atoms with Gasteiger partial charge < -0.3 is 9.32 Å². The second kappa shape index (κ2) is 11.6. The van der Waals surface area contributed by atoms with Crippen molar-refractivity contribution in [3.63, 3.8) is 0 Å². The molecule has 0 bridgehead atoms. The summed E-state index contributed by atoms with van der Waals surface area (Å²) >= 11 is 0. The molecule has 48 heavy (non-hydrogen) atoms. The molecule has 5 heteroatoms. The number of anilines is 3. The predicted molar refractivity (Wildman–Crippen MR) is 196 cm³/mol. The zero-order chi connectivity index (χ0) is 40.6. The van der Waals surface area contributed by atoms with Crippen LogP contribution >= 0.6 is 0 Å². The smallest absolute Gasteiger partial charge is 0.164 e. The molecule has 0 spiro atoms. The van der Waals surface area contributed by atoms with E-state index in [1.807, 2.05) is 84.9 Å². The van der Waals surface area contributed by atoms with Gasteiger partial charge in [0.2, 0.25) is 0 Å². The third-order valence-electron chi connectivity index (χ3n) is 8.03. The topological polar surface area (TPSA) is 55.1 Å². The SMILES string of the molecule is [2H]c1cc(N(c2cc(-c3nc(-c4ccccc4)nc(-c4ccccc4)n3)c3c(c2)oc2ccccc23)c2cc([2H])c([2H])c3c([2H])c([2H])c([2H])c([2H])c23)c([2H])c([2H])c1[2H]. The molecule has 0 saturated carbocycles. The summed E-state index contributed by atoms with van der Waals surface area (Å²) in [6, 6.07) is 27.3. The van der Waals surface area contributed by atoms with Crippen LogP contribution in [0, 0.1) is 0 Å². The Morgan fingerprint density at radius 2 is 1.17 bits per heavy atom. The van der Waals surface area contributed by atoms with Gasteiger partial charge in [-0.15, -0.1) is 0 Å². The number of rotatable bonds is 6. The van der Waals surface area contributed by atoms with Crippen molar-refractivity contribution in [3.05, 3.63) is 170 Å². The second-order valence-electron chi connectivity index (χ2n) is 10.9. The maximum Gasteiger partial charge on any atom is 0.164 e. The minimum absolute atomic E-state index is 0.0277. The van der Waals surface area contributed by atoms with E-state index in [4.69, 9.17) is 33.1 Å². The zero-order valence-electron chi connectivity index (χ0n) is 35.1. The van der Waals surface area contributed by atoms with Crippen molar-refractivity contribution in [2.24, 2.45) is 0 Å². The quantitative estimate of drug-likeness (QED) is 0.184. The lowest BCUT2D eigenvalue weighted by Crippen LogP contribution is -2.11. The fourth-order valence-electron chi connectivity index (χ4n) is 5.90. The largest absolute Gasteiger partial charge is 0.456 e. The van der Waals surface area contributed by atoms with Crippen molar-refractivity contribution in [1.82, 2.24) is 15.0 Å². The van der Waals surface area contributed by atoms with Crippen LogP contribution in [0.1, 0.15) is 13.7 Å². The minimum atomic E-state index is -0.583. The highest BCUT2D eigenvalue weighted by atomic mass is 16.3. The lowest BCUT2D eigenvalue weighted by molar-refractivity contribution is 0.669. The van der Waals surface area contributed by atoms with E-state index < -0.39 is 48.3 Å². The lowest BCUT2D eigenvalue weighted by atomic mass is 10.0. The molecule has 0 saturated heterocycles. The molecule has 0 amide bonds. The van der Waals surface area contributed by atoms with E-state index in [0.717, 1.165) is 16.5 Å². The van der Waals surface area contributed by atoms with E-state index in [0.29, 0.717) is 33.8 Å². The van der Waals surface area contributed by atoms with Gasteiger partial charge >= 0.3 is 0 Å². The van der Waals surface area contributed by atoms with Crippen LogP contribution in [0.15, 0.2) is 174 Å². The van der Waals surface area contributed by atoms with Crippen molar-refractivity contribution in [2.75, 3.05) is 4.90 Å². The van der Waals surface area contributed by atoms with Crippen molar-refractivity contribution in [1.29, 1.82) is 0 Å². The summed E-state index contributed by atoms with van der Waals surface area (Å²) in [4.78, 5) is 16.3. The molecular formula is C43H28N4O. The molecule has 226 valence electrons. The maximum absolute atomic E-state index is 9.13. The number of nitrogens with zero attached hydrogens (tertiary/aromatic N) is 4. The fraction of sp³-hybridized carbons (Fsp3) is 0. The van der Waals surface area contributed by atoms with Crippen molar-refractivity contribution >= 4 is 49.8 Å². The van der Waals surface area contributed by atoms with Crippen LogP contribution in [0.4, 0.5) is 17.1 Å². The summed E-state index contributed by atoms with van der Waals surface area (Å²) in [6.45, 7) is 0. The van der Waals surface area contributed by atoms with Crippen LogP contribution in [-0.4, -0.2) is 15.0 Å². The van der Waals surface area contributed by atoms with Crippen molar-refractivity contribution in [2.45, 2.75) is 0 Å². The second-order valence-corrected chi connectivity index (χ2v) is 10.9. The van der Waals surface area contributed by atoms with Crippen LogP contribution < -0.4 is 4.90 Å². The molecule has 0 aliphatic carbocycles. The normalized spacial score (nSPS) is 14.2. The standard InChI is InChI=1S/C43H28N4O/c1-4-16-30(17-5-1)41-44-42(31-18-6-2-7-19-31)46-43(45-41)36-27-33(28-39-40(36)35-24-12-13-26-38(35)48-39)47(32-21-8-3-9-22-32)37-25-14-20-29-15-10-11-23-34(29)37/h1-28H/i3D,8D,9D,10D,11D,14D,15D,20D,21D,23D. The molecule has 2 heterocycles. The number of aromatic nitrogens is 3. The summed E-state index contributed by atoms with van der Waals surface area (Å²) in [5.41, 5.74) is 2.90. The first kappa shape index (κ1) is 19.2. The molecule has 0 unspecified atom stereocenters. The van der Waals surface area contributed by atoms with Crippen LogP contribution in [0.25, 0.3) is 66.9 Å². The van der Waals surface area contributed by atoms with Gasteiger partial charge in [0.1, 0.15) is 11.2 Å². The van der Waals surface area contributed by atoms with Crippen LogP contribution in [0.3, 0.4) is 0 Å². The summed E-state index contributed by atoms with van der Waals surface area (Å²) in [5, 5.41) is 1.03. The Balaban J connectivity index is 1.44. The first-order chi connectivity index (χ1) is 27.9. The Labute approximate surface area is 291 Å². The number of benzene rings is 7. The molecule has 0 N–H and O–H groups in total. The third kappa shape index (κ3) is 4.86. The van der Waals surface area contributed by atoms with Gasteiger partial charge in [-0.05, 0) is 35.7 Å². The average molecular weight is 627 g/mol. The van der Waals surface area contributed by atoms with E-state index >= 15 is 0 Å². The van der Waals surface area contributed by atoms with E-state index in [1.165, 1.54) is 17.0 Å². The molecule has 9 rings (SSSR count). The van der Waals surface area contributed by atoms with E-state index in [9.17, 15) is 0 Å². The van der Waals surface area contributed by atoms with Gasteiger partial charge in [0, 0.05) is 44.6 Å². The summed E-state index contributed by atoms with van der Waals surface area (Å²) < 4.78 is 93.7. The van der Waals surface area contributed by atoms with Gasteiger partial charge in [0.15, 0.2) is 17.5 Å². The highest BCUT2D eigenvalue weighted by Gasteiger charge is 2.23. The Morgan fingerprint density at radius 3 is 1.96 bits per heavy atom. The van der Waals surface area contributed by atoms with Gasteiger partial charge in [-0.3, -0.25) is 0 Å². The summed E-state index contributed by atoms with van der Waals surface area (Å²) in [7, 11) is 0. The fourth-order valence-corrected chi connectivity index (χ4v) is 5.90. The first-order valence-corrected chi connectivity index (χ1v) is 15.1. The number of fused-ring (bicyclic) bond motifs is 4. The molecular weight excluding hydrogens is 589 g/mol. The van der Waals surface area contributed by atoms with Crippen LogP contribution in [0.5, 0.6) is 0 Å². The molecule has 2 aromatic heterocycles. The number of furan rings is 1. The predicted octanol–water partition coefficient (Wildman–Crippen LogP) is 11.4. The monoisotopic (exact) mass is 626 g/mol. The van der Waals surface area contributed by atoms with Gasteiger partial charge in [0.25, 0.3) is 0 Å². The van der Waals surface area contributed by atoms with Crippen LogP contribution in [0.2, 0.25) is 0 Å². The van der Waals surface area contributed by atoms with Gasteiger partial charge in [0.05, 0.1) is 25.1 Å². The van der Waals surface area contributed by atoms with E-state index in [1.54, 1.807) is 12.1 Å². The average Bonchev–Trinajstić information content (AvgIpc) is 3.63. The number of hydrogen-bond acceptors (Lipinski definition) is 5. The molecule has 0 aliphatic heterocycles. The molecule has 9 aromatic rings. The molecule has 0 radical (unpaired) electrons. The third-order valence-corrected chi connectivity index (χ3v) is 8.03. The van der Waals surface area contributed by atoms with Gasteiger partial charge in [-0.2, -0.15) is 0 Å². The molecule has 0 aliphatic rings. The Hall–Kier alpha value is -6.59. The summed E-state index contributed by atoms with van der Waals surface area (Å²) in [6.07, 6.45) is 0. The highest BCUT2D eigenvalue weighted by Crippen LogP contribution is 2.44. The lowest BCUT2D eigenvalue weighted by Gasteiger charge is -2.27. The number of para-hydroxylation sites is 2. The highest BCUT2D eigenvalue weighted by molar-refractivity contribution is 6.13. The summed E-state index contributed by atoms with van der Waals surface area (Å²) in [5.74, 6) is 1.02. The van der Waals surface area contributed by atoms with Crippen molar-refractivity contribution in [3.8, 4) is 34.2 Å². The Morgan fingerprint density at radius 1 is 0.500 bits per heavy atom. The van der Waals surface area contributed by atoms with Crippen LogP contribution in [-0.2, 0) is 0 Å². The Bertz CT molecular complexity index is 3080. The molecule has 0 fully saturated rings. The molecule has 7 aromatic carbocycles. The van der Waals surface area contributed by atoms with Gasteiger partial charge in [-0.25, -0.2) is 15.0 Å². The van der Waals surface area contributed by atoms with E-state index in [-0.39, 0.29) is 45.7 Å². The zero-order valence-corrected chi connectivity index (χ0v) is 25.1. The number of hydrogen-bond donors (Lipinski definition) is 0. The maximum atomic E-state index is 9.13. The minimum Gasteiger partial charge on any atom is -0.456 e. The van der Waals surface area contributed by atoms with Gasteiger partial charge in [-0.1, -0.05) is 133 Å².